The minimum atomic E-state index is 0.522. The second-order valence-electron chi connectivity index (χ2n) is 4.76. The van der Waals surface area contributed by atoms with Crippen LogP contribution in [0.5, 0.6) is 5.75 Å². The first-order valence-corrected chi connectivity index (χ1v) is 7.33. The fourth-order valence-electron chi connectivity index (χ4n) is 2.44. The summed E-state index contributed by atoms with van der Waals surface area (Å²) >= 11 is 3.45. The average Bonchev–Trinajstić information content (AvgIpc) is 2.47. The molecule has 0 bridgehead atoms. The fraction of sp³-hybridized carbons (Fsp3) is 0.250. The summed E-state index contributed by atoms with van der Waals surface area (Å²) in [5.74, 6) is 1.56. The predicted molar refractivity (Wildman–Crippen MR) is 81.9 cm³/mol. The summed E-state index contributed by atoms with van der Waals surface area (Å²) in [6.45, 7) is 1.76. The molecule has 2 aromatic carbocycles. The SMILES string of the molecule is Brc1ccc(NCC2CCOc3ccccc32)cc1. The van der Waals surface area contributed by atoms with Gasteiger partial charge in [-0.1, -0.05) is 34.1 Å². The van der Waals surface area contributed by atoms with Crippen molar-refractivity contribution in [1.29, 1.82) is 0 Å². The van der Waals surface area contributed by atoms with E-state index in [9.17, 15) is 0 Å². The Morgan fingerprint density at radius 3 is 2.74 bits per heavy atom. The van der Waals surface area contributed by atoms with E-state index in [2.05, 4.69) is 63.7 Å². The molecular formula is C16H16BrNO. The highest BCUT2D eigenvalue weighted by atomic mass is 79.9. The number of halogens is 1. The van der Waals surface area contributed by atoms with Crippen molar-refractivity contribution in [3.05, 3.63) is 58.6 Å². The third-order valence-corrected chi connectivity index (χ3v) is 4.01. The summed E-state index contributed by atoms with van der Waals surface area (Å²) < 4.78 is 6.79. The van der Waals surface area contributed by atoms with Crippen LogP contribution in [0.4, 0.5) is 5.69 Å². The van der Waals surface area contributed by atoms with E-state index in [1.807, 2.05) is 6.07 Å². The van der Waals surface area contributed by atoms with Gasteiger partial charge >= 0.3 is 0 Å². The van der Waals surface area contributed by atoms with Crippen molar-refractivity contribution in [3.8, 4) is 5.75 Å². The molecule has 0 fully saturated rings. The number of nitrogens with one attached hydrogen (secondary N) is 1. The van der Waals surface area contributed by atoms with Gasteiger partial charge in [0, 0.05) is 22.6 Å². The molecular weight excluding hydrogens is 302 g/mol. The molecule has 0 saturated carbocycles. The zero-order valence-corrected chi connectivity index (χ0v) is 12.2. The van der Waals surface area contributed by atoms with Crippen molar-refractivity contribution in [3.63, 3.8) is 0 Å². The Balaban J connectivity index is 1.69. The van der Waals surface area contributed by atoms with E-state index in [1.54, 1.807) is 0 Å². The van der Waals surface area contributed by atoms with E-state index < -0.39 is 0 Å². The van der Waals surface area contributed by atoms with Crippen LogP contribution in [0.3, 0.4) is 0 Å². The highest BCUT2D eigenvalue weighted by Gasteiger charge is 2.20. The van der Waals surface area contributed by atoms with Crippen LogP contribution in [0.1, 0.15) is 17.9 Å². The number of fused-ring (bicyclic) bond motifs is 1. The molecule has 1 unspecified atom stereocenters. The molecule has 0 aromatic heterocycles. The highest BCUT2D eigenvalue weighted by Crippen LogP contribution is 2.33. The molecule has 0 amide bonds. The van der Waals surface area contributed by atoms with Crippen molar-refractivity contribution in [1.82, 2.24) is 0 Å². The van der Waals surface area contributed by atoms with Crippen LogP contribution in [0, 0.1) is 0 Å². The van der Waals surface area contributed by atoms with Crippen LogP contribution >= 0.6 is 15.9 Å². The maximum Gasteiger partial charge on any atom is 0.122 e. The number of rotatable bonds is 3. The molecule has 0 radical (unpaired) electrons. The summed E-state index contributed by atoms with van der Waals surface area (Å²) in [4.78, 5) is 0. The van der Waals surface area contributed by atoms with Crippen LogP contribution in [-0.2, 0) is 0 Å². The molecule has 1 aliphatic heterocycles. The van der Waals surface area contributed by atoms with Crippen LogP contribution in [0.2, 0.25) is 0 Å². The zero-order valence-electron chi connectivity index (χ0n) is 10.6. The van der Waals surface area contributed by atoms with E-state index >= 15 is 0 Å². The van der Waals surface area contributed by atoms with Crippen LogP contribution in [0.25, 0.3) is 0 Å². The van der Waals surface area contributed by atoms with Gasteiger partial charge in [-0.15, -0.1) is 0 Å². The van der Waals surface area contributed by atoms with E-state index in [4.69, 9.17) is 4.74 Å². The normalized spacial score (nSPS) is 17.4. The molecule has 0 aliphatic carbocycles. The largest absolute Gasteiger partial charge is 0.493 e. The average molecular weight is 318 g/mol. The van der Waals surface area contributed by atoms with E-state index in [-0.39, 0.29) is 0 Å². The monoisotopic (exact) mass is 317 g/mol. The Hall–Kier alpha value is -1.48. The standard InChI is InChI=1S/C16H16BrNO/c17-13-5-7-14(8-6-13)18-11-12-9-10-19-16-4-2-1-3-15(12)16/h1-8,12,18H,9-11H2. The molecule has 3 rings (SSSR count). The Bertz CT molecular complexity index is 553. The second-order valence-corrected chi connectivity index (χ2v) is 5.68. The minimum Gasteiger partial charge on any atom is -0.493 e. The number of benzene rings is 2. The molecule has 3 heteroatoms. The third-order valence-electron chi connectivity index (χ3n) is 3.48. The van der Waals surface area contributed by atoms with Crippen molar-refractivity contribution >= 4 is 21.6 Å². The van der Waals surface area contributed by atoms with E-state index in [1.165, 1.54) is 5.56 Å². The van der Waals surface area contributed by atoms with Gasteiger partial charge in [0.25, 0.3) is 0 Å². The lowest BCUT2D eigenvalue weighted by Crippen LogP contribution is -2.20. The van der Waals surface area contributed by atoms with Crippen LogP contribution in [0.15, 0.2) is 53.0 Å². The summed E-state index contributed by atoms with van der Waals surface area (Å²) in [5, 5.41) is 3.51. The summed E-state index contributed by atoms with van der Waals surface area (Å²) in [6, 6.07) is 16.6. The lowest BCUT2D eigenvalue weighted by Gasteiger charge is -2.26. The summed E-state index contributed by atoms with van der Waals surface area (Å²) in [6.07, 6.45) is 1.07. The van der Waals surface area contributed by atoms with Gasteiger partial charge in [-0.05, 0) is 42.3 Å². The first-order chi connectivity index (χ1) is 9.33. The summed E-state index contributed by atoms with van der Waals surface area (Å²) in [5.41, 5.74) is 2.48. The lowest BCUT2D eigenvalue weighted by molar-refractivity contribution is 0.270. The van der Waals surface area contributed by atoms with E-state index in [0.29, 0.717) is 5.92 Å². The van der Waals surface area contributed by atoms with Gasteiger partial charge in [0.1, 0.15) is 5.75 Å². The van der Waals surface area contributed by atoms with Crippen molar-refractivity contribution in [2.24, 2.45) is 0 Å². The van der Waals surface area contributed by atoms with Gasteiger partial charge in [-0.3, -0.25) is 0 Å². The topological polar surface area (TPSA) is 21.3 Å². The third kappa shape index (κ3) is 2.92. The van der Waals surface area contributed by atoms with Crippen molar-refractivity contribution in [2.45, 2.75) is 12.3 Å². The number of hydrogen-bond acceptors (Lipinski definition) is 2. The Morgan fingerprint density at radius 2 is 1.89 bits per heavy atom. The van der Waals surface area contributed by atoms with Gasteiger partial charge in [0.05, 0.1) is 6.61 Å². The van der Waals surface area contributed by atoms with Gasteiger partial charge in [0.2, 0.25) is 0 Å². The Labute approximate surface area is 121 Å². The number of para-hydroxylation sites is 1. The number of anilines is 1. The fourth-order valence-corrected chi connectivity index (χ4v) is 2.70. The molecule has 1 aliphatic rings. The molecule has 0 saturated heterocycles. The molecule has 1 N–H and O–H groups in total. The minimum absolute atomic E-state index is 0.522. The van der Waals surface area contributed by atoms with Crippen molar-refractivity contribution in [2.75, 3.05) is 18.5 Å². The molecule has 2 nitrogen and oxygen atoms in total. The second kappa shape index (κ2) is 5.66. The summed E-state index contributed by atoms with van der Waals surface area (Å²) in [7, 11) is 0. The van der Waals surface area contributed by atoms with Crippen molar-refractivity contribution < 1.29 is 4.74 Å². The predicted octanol–water partition coefficient (Wildman–Crippen LogP) is 4.43. The lowest BCUT2D eigenvalue weighted by atomic mass is 9.93. The highest BCUT2D eigenvalue weighted by molar-refractivity contribution is 9.10. The molecule has 0 spiro atoms. The molecule has 2 aromatic rings. The molecule has 98 valence electrons. The van der Waals surface area contributed by atoms with E-state index in [0.717, 1.165) is 35.5 Å². The van der Waals surface area contributed by atoms with Crippen LogP contribution in [-0.4, -0.2) is 13.2 Å². The maximum absolute atomic E-state index is 5.69. The van der Waals surface area contributed by atoms with Gasteiger partial charge in [-0.25, -0.2) is 0 Å². The molecule has 1 atom stereocenters. The molecule has 19 heavy (non-hydrogen) atoms. The Kier molecular flexibility index (Phi) is 3.74. The van der Waals surface area contributed by atoms with Gasteiger partial charge < -0.3 is 10.1 Å². The van der Waals surface area contributed by atoms with Crippen LogP contribution < -0.4 is 10.1 Å². The van der Waals surface area contributed by atoms with Gasteiger partial charge in [-0.2, -0.15) is 0 Å². The maximum atomic E-state index is 5.69. The smallest absolute Gasteiger partial charge is 0.122 e. The first-order valence-electron chi connectivity index (χ1n) is 6.54. The Morgan fingerprint density at radius 1 is 1.11 bits per heavy atom. The molecule has 1 heterocycles. The first kappa shape index (κ1) is 12.5. The zero-order chi connectivity index (χ0) is 13.1. The quantitative estimate of drug-likeness (QED) is 0.904. The number of ether oxygens (including phenoxy) is 1. The van der Waals surface area contributed by atoms with Gasteiger partial charge in [0.15, 0.2) is 0 Å². The number of hydrogen-bond donors (Lipinski definition) is 1.